The molecule has 8 heteroatoms. The van der Waals surface area contributed by atoms with Crippen LogP contribution in [-0.4, -0.2) is 39.5 Å². The molecule has 176 valence electrons. The highest BCUT2D eigenvalue weighted by molar-refractivity contribution is 7.18. The Labute approximate surface area is 200 Å². The summed E-state index contributed by atoms with van der Waals surface area (Å²) in [4.78, 5) is 27.1. The van der Waals surface area contributed by atoms with Crippen molar-refractivity contribution in [3.8, 4) is 10.6 Å². The number of benzene rings is 1. The molecule has 0 aliphatic rings. The number of aromatic nitrogens is 2. The summed E-state index contributed by atoms with van der Waals surface area (Å²) >= 11 is 7.33. The van der Waals surface area contributed by atoms with Crippen molar-refractivity contribution in [3.05, 3.63) is 29.3 Å². The second-order valence-corrected chi connectivity index (χ2v) is 9.50. The second-order valence-electron chi connectivity index (χ2n) is 8.08. The molecule has 0 saturated heterocycles. The molecule has 0 spiro atoms. The van der Waals surface area contributed by atoms with Gasteiger partial charge in [0.1, 0.15) is 5.01 Å². The molecule has 0 bridgehead atoms. The fraction of sp³-hybridized carbons (Fsp3) is 0.583. The third kappa shape index (κ3) is 8.87. The first-order valence-corrected chi connectivity index (χ1v) is 12.8. The van der Waals surface area contributed by atoms with Crippen LogP contribution in [0.1, 0.15) is 78.6 Å². The van der Waals surface area contributed by atoms with Gasteiger partial charge in [-0.1, -0.05) is 81.0 Å². The van der Waals surface area contributed by atoms with E-state index in [0.717, 1.165) is 24.8 Å². The lowest BCUT2D eigenvalue weighted by Gasteiger charge is -2.28. The van der Waals surface area contributed by atoms with Crippen molar-refractivity contribution in [2.75, 3.05) is 11.9 Å². The second kappa shape index (κ2) is 14.2. The van der Waals surface area contributed by atoms with Gasteiger partial charge in [0.05, 0.1) is 0 Å². The summed E-state index contributed by atoms with van der Waals surface area (Å²) in [5.74, 6) is -0.0266. The normalized spacial score (nSPS) is 11.9. The zero-order valence-corrected chi connectivity index (χ0v) is 21.0. The SMILES string of the molecule is CCCCCCCCC(=O)N(CCC(=O)Nc1nnc(-c2cccc(Cl)c2)s1)[C@H](C)CC. The first-order valence-electron chi connectivity index (χ1n) is 11.6. The molecule has 0 radical (unpaired) electrons. The summed E-state index contributed by atoms with van der Waals surface area (Å²) < 4.78 is 0. The molecule has 0 saturated carbocycles. The molecule has 1 aromatic heterocycles. The molecular weight excluding hydrogens is 444 g/mol. The van der Waals surface area contributed by atoms with Gasteiger partial charge in [0.15, 0.2) is 0 Å². The van der Waals surface area contributed by atoms with Crippen LogP contribution in [0.3, 0.4) is 0 Å². The molecule has 1 N–H and O–H groups in total. The summed E-state index contributed by atoms with van der Waals surface area (Å²) in [5.41, 5.74) is 0.860. The van der Waals surface area contributed by atoms with E-state index in [1.54, 1.807) is 6.07 Å². The number of nitrogens with one attached hydrogen (secondary N) is 1. The number of carbonyl (C=O) groups is 2. The highest BCUT2D eigenvalue weighted by Crippen LogP contribution is 2.28. The van der Waals surface area contributed by atoms with E-state index in [0.29, 0.717) is 28.1 Å². The van der Waals surface area contributed by atoms with Crippen molar-refractivity contribution in [2.45, 2.75) is 84.6 Å². The van der Waals surface area contributed by atoms with Gasteiger partial charge < -0.3 is 10.2 Å². The Hall–Kier alpha value is -1.99. The van der Waals surface area contributed by atoms with E-state index in [2.05, 4.69) is 29.4 Å². The van der Waals surface area contributed by atoms with Gasteiger partial charge in [0.25, 0.3) is 0 Å². The molecule has 32 heavy (non-hydrogen) atoms. The Morgan fingerprint density at radius 3 is 2.56 bits per heavy atom. The van der Waals surface area contributed by atoms with Crippen LogP contribution in [0.15, 0.2) is 24.3 Å². The third-order valence-corrected chi connectivity index (χ3v) is 6.63. The lowest BCUT2D eigenvalue weighted by molar-refractivity contribution is -0.133. The monoisotopic (exact) mass is 478 g/mol. The average Bonchev–Trinajstić information content (AvgIpc) is 3.24. The minimum atomic E-state index is -0.167. The van der Waals surface area contributed by atoms with Crippen LogP contribution in [0, 0.1) is 0 Å². The van der Waals surface area contributed by atoms with Crippen LogP contribution in [0.5, 0.6) is 0 Å². The Morgan fingerprint density at radius 2 is 1.84 bits per heavy atom. The smallest absolute Gasteiger partial charge is 0.227 e. The number of hydrogen-bond acceptors (Lipinski definition) is 5. The van der Waals surface area contributed by atoms with Crippen molar-refractivity contribution in [1.29, 1.82) is 0 Å². The topological polar surface area (TPSA) is 75.2 Å². The Balaban J connectivity index is 1.83. The van der Waals surface area contributed by atoms with Gasteiger partial charge in [-0.2, -0.15) is 0 Å². The Bertz CT molecular complexity index is 858. The van der Waals surface area contributed by atoms with Crippen molar-refractivity contribution in [2.24, 2.45) is 0 Å². The molecule has 2 aromatic rings. The quantitative estimate of drug-likeness (QED) is 0.312. The number of halogens is 1. The van der Waals surface area contributed by atoms with Crippen LogP contribution in [0.25, 0.3) is 10.6 Å². The first kappa shape index (κ1) is 26.3. The number of rotatable bonds is 14. The molecule has 0 aliphatic carbocycles. The maximum absolute atomic E-state index is 12.8. The van der Waals surface area contributed by atoms with Gasteiger partial charge in [-0.05, 0) is 31.9 Å². The molecule has 1 atom stereocenters. The number of unbranched alkanes of at least 4 members (excludes halogenated alkanes) is 5. The van der Waals surface area contributed by atoms with Gasteiger partial charge in [0, 0.05) is 36.0 Å². The third-order valence-electron chi connectivity index (χ3n) is 5.51. The van der Waals surface area contributed by atoms with Crippen LogP contribution in [0.2, 0.25) is 5.02 Å². The first-order chi connectivity index (χ1) is 15.4. The number of nitrogens with zero attached hydrogens (tertiary/aromatic N) is 3. The molecule has 0 aliphatic heterocycles. The molecule has 0 unspecified atom stereocenters. The zero-order chi connectivity index (χ0) is 23.3. The predicted octanol–water partition coefficient (Wildman–Crippen LogP) is 6.56. The maximum atomic E-state index is 12.8. The van der Waals surface area contributed by atoms with Crippen molar-refractivity contribution < 1.29 is 9.59 Å². The van der Waals surface area contributed by atoms with Crippen molar-refractivity contribution >= 4 is 39.9 Å². The van der Waals surface area contributed by atoms with E-state index < -0.39 is 0 Å². The van der Waals surface area contributed by atoms with Crippen LogP contribution in [-0.2, 0) is 9.59 Å². The molecule has 2 rings (SSSR count). The molecule has 2 amide bonds. The molecular formula is C24H35ClN4O2S. The van der Waals surface area contributed by atoms with Gasteiger partial charge in [-0.3, -0.25) is 9.59 Å². The van der Waals surface area contributed by atoms with Gasteiger partial charge in [-0.15, -0.1) is 10.2 Å². The van der Waals surface area contributed by atoms with Gasteiger partial charge >= 0.3 is 0 Å². The van der Waals surface area contributed by atoms with Crippen LogP contribution >= 0.6 is 22.9 Å². The summed E-state index contributed by atoms with van der Waals surface area (Å²) in [6.07, 6.45) is 8.57. The predicted molar refractivity (Wildman–Crippen MR) is 133 cm³/mol. The minimum Gasteiger partial charge on any atom is -0.339 e. The molecule has 1 heterocycles. The maximum Gasteiger partial charge on any atom is 0.227 e. The van der Waals surface area contributed by atoms with Crippen LogP contribution in [0.4, 0.5) is 5.13 Å². The summed E-state index contributed by atoms with van der Waals surface area (Å²) in [7, 11) is 0. The van der Waals surface area contributed by atoms with Crippen LogP contribution < -0.4 is 5.32 Å². The number of hydrogen-bond donors (Lipinski definition) is 1. The molecule has 1 aromatic carbocycles. The van der Waals surface area contributed by atoms with Crippen molar-refractivity contribution in [1.82, 2.24) is 15.1 Å². The molecule has 6 nitrogen and oxygen atoms in total. The molecule has 0 fully saturated rings. The fourth-order valence-electron chi connectivity index (χ4n) is 3.43. The highest BCUT2D eigenvalue weighted by atomic mass is 35.5. The number of carbonyl (C=O) groups excluding carboxylic acids is 2. The Morgan fingerprint density at radius 1 is 1.09 bits per heavy atom. The number of anilines is 1. The standard InChI is InChI=1S/C24H35ClN4O2S/c1-4-6-7-8-9-10-14-22(31)29(18(3)5-2)16-15-21(30)26-24-28-27-23(32-24)19-12-11-13-20(25)17-19/h11-13,17-18H,4-10,14-16H2,1-3H3,(H,26,28,30)/t18-/m1/s1. The van der Waals surface area contributed by atoms with E-state index in [1.165, 1.54) is 37.0 Å². The lowest BCUT2D eigenvalue weighted by atomic mass is 10.1. The largest absolute Gasteiger partial charge is 0.339 e. The van der Waals surface area contributed by atoms with E-state index in [-0.39, 0.29) is 24.3 Å². The average molecular weight is 479 g/mol. The van der Waals surface area contributed by atoms with Gasteiger partial charge in [0.2, 0.25) is 16.9 Å². The summed E-state index contributed by atoms with van der Waals surface area (Å²) in [5, 5.41) is 12.8. The van der Waals surface area contributed by atoms with E-state index in [4.69, 9.17) is 11.6 Å². The van der Waals surface area contributed by atoms with Crippen molar-refractivity contribution in [3.63, 3.8) is 0 Å². The van der Waals surface area contributed by atoms with E-state index in [1.807, 2.05) is 30.0 Å². The summed E-state index contributed by atoms with van der Waals surface area (Å²) in [6.45, 7) is 6.72. The minimum absolute atomic E-state index is 0.117. The summed E-state index contributed by atoms with van der Waals surface area (Å²) in [6, 6.07) is 7.48. The number of amides is 2. The Kier molecular flexibility index (Phi) is 11.7. The van der Waals surface area contributed by atoms with E-state index >= 15 is 0 Å². The fourth-order valence-corrected chi connectivity index (χ4v) is 4.37. The zero-order valence-electron chi connectivity index (χ0n) is 19.4. The van der Waals surface area contributed by atoms with Gasteiger partial charge in [-0.25, -0.2) is 0 Å². The van der Waals surface area contributed by atoms with E-state index in [9.17, 15) is 9.59 Å². The lowest BCUT2D eigenvalue weighted by Crippen LogP contribution is -2.40. The highest BCUT2D eigenvalue weighted by Gasteiger charge is 2.20.